The number of hydrogen-bond acceptors (Lipinski definition) is 3. The van der Waals surface area contributed by atoms with Crippen molar-refractivity contribution in [2.75, 3.05) is 0 Å². The van der Waals surface area contributed by atoms with Crippen LogP contribution in [0.3, 0.4) is 0 Å². The zero-order valence-corrected chi connectivity index (χ0v) is 46.8. The highest BCUT2D eigenvalue weighted by molar-refractivity contribution is 7.22. The van der Waals surface area contributed by atoms with Crippen molar-refractivity contribution in [3.8, 4) is 34.4 Å². The fraction of sp³-hybridized carbons (Fsp3) is 0. The molecule has 0 aliphatic carbocycles. The molecule has 7 heteroatoms. The average Bonchev–Trinajstić information content (AvgIpc) is 2.68. The third-order valence-electron chi connectivity index (χ3n) is 16.7. The normalized spacial score (nSPS) is 11.9. The number of para-hydroxylation sites is 4. The molecule has 0 N–H and O–H groups in total. The lowest BCUT2D eigenvalue weighted by molar-refractivity contribution is 0.893. The Hall–Kier alpha value is -10.3. The van der Waals surface area contributed by atoms with Gasteiger partial charge in [0.15, 0.2) is 22.0 Å². The van der Waals surface area contributed by atoms with E-state index in [-0.39, 0.29) is 0 Å². The molecular formula is C75H53N5Si2. The molecule has 15 rings (SSSR count). The molecule has 0 atom stereocenters. The van der Waals surface area contributed by atoms with Crippen molar-refractivity contribution >= 4 is 101 Å². The molecule has 386 valence electrons. The molecule has 0 spiro atoms. The number of nitrogens with zero attached hydrogens (tertiary/aromatic N) is 5. The predicted molar refractivity (Wildman–Crippen MR) is 347 cm³/mol. The monoisotopic (exact) mass is 1080 g/mol. The van der Waals surface area contributed by atoms with Gasteiger partial charge in [0.2, 0.25) is 11.9 Å². The van der Waals surface area contributed by atoms with Crippen LogP contribution < -0.4 is 41.5 Å². The second kappa shape index (κ2) is 20.4. The third-order valence-corrected chi connectivity index (χ3v) is 26.1. The maximum Gasteiger partial charge on any atom is 0.240 e. The van der Waals surface area contributed by atoms with Crippen LogP contribution in [0.4, 0.5) is 0 Å². The van der Waals surface area contributed by atoms with E-state index in [2.05, 4.69) is 331 Å². The third kappa shape index (κ3) is 7.92. The highest BCUT2D eigenvalue weighted by Gasteiger charge is 2.46. The van der Waals surface area contributed by atoms with Crippen LogP contribution in [-0.2, 0) is 0 Å². The smallest absolute Gasteiger partial charge is 0.240 e. The van der Waals surface area contributed by atoms with E-state index in [4.69, 9.17) is 15.0 Å². The number of rotatable bonds is 12. The summed E-state index contributed by atoms with van der Waals surface area (Å²) in [5.74, 6) is 1.65. The molecule has 0 saturated heterocycles. The van der Waals surface area contributed by atoms with Gasteiger partial charge in [-0.05, 0) is 76.9 Å². The van der Waals surface area contributed by atoms with Gasteiger partial charge in [0.05, 0.1) is 22.1 Å². The first kappa shape index (κ1) is 48.8. The van der Waals surface area contributed by atoms with E-state index in [9.17, 15) is 0 Å². The second-order valence-electron chi connectivity index (χ2n) is 21.1. The van der Waals surface area contributed by atoms with Gasteiger partial charge in [-0.15, -0.1) is 0 Å². The maximum atomic E-state index is 5.81. The minimum absolute atomic E-state index is 0.536. The van der Waals surface area contributed by atoms with Crippen molar-refractivity contribution in [1.29, 1.82) is 0 Å². The first-order valence-electron chi connectivity index (χ1n) is 28.0. The van der Waals surface area contributed by atoms with Gasteiger partial charge in [0.25, 0.3) is 0 Å². The lowest BCUT2D eigenvalue weighted by atomic mass is 10.1. The van der Waals surface area contributed by atoms with Crippen LogP contribution in [0, 0.1) is 0 Å². The highest BCUT2D eigenvalue weighted by atomic mass is 28.3. The summed E-state index contributed by atoms with van der Waals surface area (Å²) in [7, 11) is -6.66. The number of benzene rings is 12. The van der Waals surface area contributed by atoms with E-state index < -0.39 is 16.1 Å². The van der Waals surface area contributed by atoms with Gasteiger partial charge in [-0.25, -0.2) is 0 Å². The average molecular weight is 1080 g/mol. The van der Waals surface area contributed by atoms with E-state index in [0.29, 0.717) is 17.7 Å². The van der Waals surface area contributed by atoms with E-state index >= 15 is 0 Å². The predicted octanol–water partition coefficient (Wildman–Crippen LogP) is 12.2. The van der Waals surface area contributed by atoms with Gasteiger partial charge in [-0.1, -0.05) is 297 Å². The molecule has 0 unspecified atom stereocenters. The van der Waals surface area contributed by atoms with Crippen molar-refractivity contribution in [1.82, 2.24) is 24.1 Å². The molecule has 0 aliphatic rings. The maximum absolute atomic E-state index is 5.81. The molecule has 0 radical (unpaired) electrons. The van der Waals surface area contributed by atoms with Gasteiger partial charge < -0.3 is 0 Å². The first-order valence-corrected chi connectivity index (χ1v) is 32.0. The summed E-state index contributed by atoms with van der Waals surface area (Å²) in [5.41, 5.74) is 7.32. The van der Waals surface area contributed by atoms with Gasteiger partial charge in [-0.2, -0.15) is 15.0 Å². The molecule has 0 saturated carbocycles. The number of hydrogen-bond donors (Lipinski definition) is 0. The molecule has 0 amide bonds. The van der Waals surface area contributed by atoms with Crippen LogP contribution >= 0.6 is 0 Å². The summed E-state index contributed by atoms with van der Waals surface area (Å²) in [6.45, 7) is 0. The van der Waals surface area contributed by atoms with E-state index in [1.165, 1.54) is 52.6 Å². The van der Waals surface area contributed by atoms with Crippen molar-refractivity contribution in [3.63, 3.8) is 0 Å². The lowest BCUT2D eigenvalue weighted by Gasteiger charge is -2.38. The molecule has 82 heavy (non-hydrogen) atoms. The molecule has 12 aromatic carbocycles. The largest absolute Gasteiger partial charge is 0.278 e. The van der Waals surface area contributed by atoms with Crippen molar-refractivity contribution in [2.24, 2.45) is 0 Å². The van der Waals surface area contributed by atoms with Crippen LogP contribution in [-0.4, -0.2) is 40.2 Å². The van der Waals surface area contributed by atoms with Gasteiger partial charge in [0, 0.05) is 27.1 Å². The van der Waals surface area contributed by atoms with Gasteiger partial charge in [-0.3, -0.25) is 9.13 Å². The van der Waals surface area contributed by atoms with Gasteiger partial charge >= 0.3 is 0 Å². The summed E-state index contributed by atoms with van der Waals surface area (Å²) in [5, 5.41) is 14.6. The zero-order chi connectivity index (χ0) is 54.5. The Morgan fingerprint density at radius 1 is 0.207 bits per heavy atom. The molecule has 0 bridgehead atoms. The Morgan fingerprint density at radius 2 is 0.488 bits per heavy atom. The van der Waals surface area contributed by atoms with Crippen LogP contribution in [0.1, 0.15) is 0 Å². The van der Waals surface area contributed by atoms with E-state index in [1.54, 1.807) is 0 Å². The summed E-state index contributed by atoms with van der Waals surface area (Å²) >= 11 is 0. The summed E-state index contributed by atoms with van der Waals surface area (Å²) < 4.78 is 4.47. The first-order chi connectivity index (χ1) is 40.7. The van der Waals surface area contributed by atoms with Crippen molar-refractivity contribution < 1.29 is 0 Å². The summed E-state index contributed by atoms with van der Waals surface area (Å²) in [6, 6.07) is 118. The molecule has 15 aromatic rings. The zero-order valence-electron chi connectivity index (χ0n) is 44.8. The quantitative estimate of drug-likeness (QED) is 0.0905. The Balaban J connectivity index is 1.13. The number of aromatic nitrogens is 5. The standard InChI is InChI=1S/C75H53N5Si2/c1-7-28-54(29-8-1)55-30-27-41-62(50-55)82(60-37-15-5-16-38-60,61-39-17-6-18-40-61)64-52-56(51-63(53-64)81(57-31-9-2-10-32-57,58-33-11-3-12-34-58)59-35-13-4-14-36-59)73-76-74(79-69-46-23-19-42-65(69)66-43-20-24-47-70(66)79)78-75(77-73)80-71-48-25-21-44-67(71)68-45-22-26-49-72(68)80/h1-53H. The SMILES string of the molecule is c1ccc(-c2cccc([Si](c3ccccc3)(c3ccccc3)c3cc(-c4nc(-n5c6ccccc6c6ccccc65)nc(-n5c6ccccc6c6ccccc65)n4)cc([Si](c4ccccc4)(c4ccccc4)c4ccccc4)c3)c2)cc1. The van der Waals surface area contributed by atoms with Crippen LogP contribution in [0.15, 0.2) is 322 Å². The second-order valence-corrected chi connectivity index (χ2v) is 28.7. The minimum atomic E-state index is -3.38. The minimum Gasteiger partial charge on any atom is -0.278 e. The molecular weight excluding hydrogens is 1030 g/mol. The summed E-state index contributed by atoms with van der Waals surface area (Å²) in [6.07, 6.45) is 0. The molecule has 0 aliphatic heterocycles. The fourth-order valence-corrected chi connectivity index (χ4v) is 23.0. The lowest BCUT2D eigenvalue weighted by Crippen LogP contribution is -2.78. The number of fused-ring (bicyclic) bond motifs is 6. The fourth-order valence-electron chi connectivity index (χ4n) is 13.2. The molecule has 5 nitrogen and oxygen atoms in total. The molecule has 3 aromatic heterocycles. The highest BCUT2D eigenvalue weighted by Crippen LogP contribution is 2.35. The molecule has 3 heterocycles. The van der Waals surface area contributed by atoms with E-state index in [0.717, 1.165) is 49.2 Å². The van der Waals surface area contributed by atoms with Crippen molar-refractivity contribution in [3.05, 3.63) is 322 Å². The van der Waals surface area contributed by atoms with Crippen LogP contribution in [0.2, 0.25) is 0 Å². The Bertz CT molecular complexity index is 4420. The topological polar surface area (TPSA) is 48.5 Å². The van der Waals surface area contributed by atoms with Crippen molar-refractivity contribution in [2.45, 2.75) is 0 Å². The van der Waals surface area contributed by atoms with E-state index in [1.807, 2.05) is 0 Å². The molecule has 0 fully saturated rings. The summed E-state index contributed by atoms with van der Waals surface area (Å²) in [4.78, 5) is 17.3. The van der Waals surface area contributed by atoms with Crippen LogP contribution in [0.5, 0.6) is 0 Å². The Labute approximate surface area is 478 Å². The Kier molecular flexibility index (Phi) is 12.1. The van der Waals surface area contributed by atoms with Crippen LogP contribution in [0.25, 0.3) is 78.0 Å². The van der Waals surface area contributed by atoms with Gasteiger partial charge in [0.1, 0.15) is 0 Å². The Morgan fingerprint density at radius 3 is 0.854 bits per heavy atom.